The number of carboxylic acids is 1. The highest BCUT2D eigenvalue weighted by Gasteiger charge is 2.25. The average molecular weight is 282 g/mol. The first-order valence-corrected chi connectivity index (χ1v) is 6.71. The van der Waals surface area contributed by atoms with Crippen LogP contribution in [0.3, 0.4) is 0 Å². The number of benzene rings is 1. The van der Waals surface area contributed by atoms with Gasteiger partial charge >= 0.3 is 5.97 Å². The summed E-state index contributed by atoms with van der Waals surface area (Å²) in [6.07, 6.45) is 3.72. The van der Waals surface area contributed by atoms with Crippen LogP contribution < -0.4 is 5.32 Å². The summed E-state index contributed by atoms with van der Waals surface area (Å²) in [4.78, 5) is 27.4. The first-order valence-electron chi connectivity index (χ1n) is 6.71. The molecule has 0 bridgehead atoms. The lowest BCUT2D eigenvalue weighted by Gasteiger charge is -2.12. The zero-order valence-electron chi connectivity index (χ0n) is 11.2. The predicted octanol–water partition coefficient (Wildman–Crippen LogP) is 1.99. The van der Waals surface area contributed by atoms with E-state index in [0.717, 1.165) is 10.9 Å². The van der Waals surface area contributed by atoms with Gasteiger partial charge in [0, 0.05) is 11.4 Å². The van der Waals surface area contributed by atoms with Gasteiger partial charge in [0.25, 0.3) is 5.91 Å². The van der Waals surface area contributed by atoms with E-state index in [2.05, 4.69) is 10.3 Å². The van der Waals surface area contributed by atoms with E-state index >= 15 is 0 Å². The Morgan fingerprint density at radius 1 is 1.14 bits per heavy atom. The molecule has 106 valence electrons. The van der Waals surface area contributed by atoms with Crippen molar-refractivity contribution >= 4 is 22.8 Å². The highest BCUT2D eigenvalue weighted by Crippen LogP contribution is 2.18. The molecule has 0 radical (unpaired) electrons. The van der Waals surface area contributed by atoms with Crippen molar-refractivity contribution < 1.29 is 14.7 Å². The van der Waals surface area contributed by atoms with Gasteiger partial charge in [0.05, 0.1) is 11.4 Å². The van der Waals surface area contributed by atoms with Crippen molar-refractivity contribution in [3.05, 3.63) is 54.2 Å². The molecule has 0 fully saturated rings. The van der Waals surface area contributed by atoms with E-state index in [-0.39, 0.29) is 11.9 Å². The molecule has 21 heavy (non-hydrogen) atoms. The molecule has 2 aromatic rings. The number of para-hydroxylation sites is 1. The summed E-state index contributed by atoms with van der Waals surface area (Å²) in [5.41, 5.74) is 1.09. The van der Waals surface area contributed by atoms with Crippen molar-refractivity contribution in [2.24, 2.45) is 5.92 Å². The van der Waals surface area contributed by atoms with Crippen LogP contribution >= 0.6 is 0 Å². The quantitative estimate of drug-likeness (QED) is 0.844. The molecule has 0 spiro atoms. The van der Waals surface area contributed by atoms with Crippen molar-refractivity contribution in [3.63, 3.8) is 0 Å². The molecule has 1 aromatic heterocycles. The molecule has 0 saturated heterocycles. The zero-order valence-corrected chi connectivity index (χ0v) is 11.2. The molecule has 1 aliphatic rings. The number of rotatable bonds is 3. The topological polar surface area (TPSA) is 79.3 Å². The summed E-state index contributed by atoms with van der Waals surface area (Å²) < 4.78 is 0. The summed E-state index contributed by atoms with van der Waals surface area (Å²) in [6.45, 7) is 0. The lowest BCUT2D eigenvalue weighted by atomic mass is 10.1. The Hall–Kier alpha value is -2.69. The number of carboxylic acid groups (broad SMARTS) is 1. The minimum absolute atomic E-state index is 0.258. The normalized spacial score (nSPS) is 20.6. The molecule has 1 aliphatic carbocycles. The van der Waals surface area contributed by atoms with Crippen LogP contribution in [0.1, 0.15) is 16.9 Å². The molecule has 5 heteroatoms. The largest absolute Gasteiger partial charge is 0.481 e. The van der Waals surface area contributed by atoms with Gasteiger partial charge in [-0.05, 0) is 18.6 Å². The van der Waals surface area contributed by atoms with E-state index in [4.69, 9.17) is 5.11 Å². The lowest BCUT2D eigenvalue weighted by Crippen LogP contribution is -2.33. The maximum atomic E-state index is 12.2. The number of carbonyl (C=O) groups is 2. The number of aliphatic carboxylic acids is 1. The Morgan fingerprint density at radius 3 is 2.71 bits per heavy atom. The number of nitrogens with one attached hydrogen (secondary N) is 1. The van der Waals surface area contributed by atoms with Gasteiger partial charge in [-0.1, -0.05) is 36.4 Å². The van der Waals surface area contributed by atoms with Crippen molar-refractivity contribution in [1.29, 1.82) is 0 Å². The number of pyridine rings is 1. The molecule has 1 amide bonds. The molecule has 2 N–H and O–H groups in total. The second kappa shape index (κ2) is 5.36. The lowest BCUT2D eigenvalue weighted by molar-refractivity contribution is -0.140. The number of amides is 1. The average Bonchev–Trinajstić information content (AvgIpc) is 2.95. The molecule has 1 heterocycles. The Morgan fingerprint density at radius 2 is 1.95 bits per heavy atom. The summed E-state index contributed by atoms with van der Waals surface area (Å²) in [5.74, 6) is -1.69. The van der Waals surface area contributed by atoms with E-state index in [0.29, 0.717) is 12.1 Å². The first kappa shape index (κ1) is 13.3. The molecule has 2 unspecified atom stereocenters. The summed E-state index contributed by atoms with van der Waals surface area (Å²) >= 11 is 0. The monoisotopic (exact) mass is 282 g/mol. The van der Waals surface area contributed by atoms with E-state index in [1.54, 1.807) is 18.2 Å². The summed E-state index contributed by atoms with van der Waals surface area (Å²) in [5, 5.41) is 12.7. The Balaban J connectivity index is 1.73. The van der Waals surface area contributed by atoms with Gasteiger partial charge in [0.2, 0.25) is 0 Å². The third-order valence-electron chi connectivity index (χ3n) is 3.55. The van der Waals surface area contributed by atoms with Crippen molar-refractivity contribution in [2.45, 2.75) is 12.5 Å². The molecule has 3 rings (SSSR count). The van der Waals surface area contributed by atoms with E-state index in [9.17, 15) is 9.59 Å². The number of hydrogen-bond acceptors (Lipinski definition) is 3. The van der Waals surface area contributed by atoms with Crippen LogP contribution in [0.4, 0.5) is 0 Å². The van der Waals surface area contributed by atoms with E-state index < -0.39 is 11.9 Å². The number of aromatic nitrogens is 1. The van der Waals surface area contributed by atoms with Gasteiger partial charge in [-0.25, -0.2) is 4.98 Å². The van der Waals surface area contributed by atoms with Gasteiger partial charge in [0.1, 0.15) is 5.69 Å². The maximum absolute atomic E-state index is 12.2. The van der Waals surface area contributed by atoms with Crippen LogP contribution in [0, 0.1) is 5.92 Å². The molecule has 2 atom stereocenters. The first-order chi connectivity index (χ1) is 10.1. The highest BCUT2D eigenvalue weighted by atomic mass is 16.4. The van der Waals surface area contributed by atoms with Gasteiger partial charge in [-0.15, -0.1) is 0 Å². The number of nitrogens with zero attached hydrogens (tertiary/aromatic N) is 1. The third-order valence-corrected chi connectivity index (χ3v) is 3.55. The smallest absolute Gasteiger partial charge is 0.310 e. The molecule has 5 nitrogen and oxygen atoms in total. The Labute approximate surface area is 121 Å². The predicted molar refractivity (Wildman–Crippen MR) is 77.9 cm³/mol. The molecule has 1 aromatic carbocycles. The van der Waals surface area contributed by atoms with Gasteiger partial charge in [0.15, 0.2) is 0 Å². The second-order valence-electron chi connectivity index (χ2n) is 5.03. The van der Waals surface area contributed by atoms with Crippen molar-refractivity contribution in [3.8, 4) is 0 Å². The molecule has 0 saturated carbocycles. The highest BCUT2D eigenvalue weighted by molar-refractivity contribution is 5.95. The fraction of sp³-hybridized carbons (Fsp3) is 0.188. The van der Waals surface area contributed by atoms with Gasteiger partial charge < -0.3 is 10.4 Å². The molecular weight excluding hydrogens is 268 g/mol. The standard InChI is InChI=1S/C16H14N2O3/c19-15(17-12-7-5-11(9-12)16(20)21)14-8-6-10-3-1-2-4-13(10)18-14/h1-8,11-12H,9H2,(H,17,19)(H,20,21). The fourth-order valence-electron chi connectivity index (χ4n) is 2.42. The minimum Gasteiger partial charge on any atom is -0.481 e. The van der Waals surface area contributed by atoms with Crippen molar-refractivity contribution in [1.82, 2.24) is 10.3 Å². The number of carbonyl (C=O) groups excluding carboxylic acids is 1. The van der Waals surface area contributed by atoms with Gasteiger partial charge in [-0.3, -0.25) is 9.59 Å². The zero-order chi connectivity index (χ0) is 14.8. The second-order valence-corrected chi connectivity index (χ2v) is 5.03. The van der Waals surface area contributed by atoms with E-state index in [1.807, 2.05) is 30.3 Å². The molecule has 0 aliphatic heterocycles. The van der Waals surface area contributed by atoms with Crippen LogP contribution in [0.5, 0.6) is 0 Å². The van der Waals surface area contributed by atoms with Crippen LogP contribution in [0.2, 0.25) is 0 Å². The number of fused-ring (bicyclic) bond motifs is 1. The van der Waals surface area contributed by atoms with Crippen LogP contribution in [-0.2, 0) is 4.79 Å². The Kier molecular flexibility index (Phi) is 3.39. The SMILES string of the molecule is O=C(NC1C=CC(C(=O)O)C1)c1ccc2ccccc2n1. The van der Waals surface area contributed by atoms with Crippen molar-refractivity contribution in [2.75, 3.05) is 0 Å². The minimum atomic E-state index is -0.869. The Bertz CT molecular complexity index is 739. The van der Waals surface area contributed by atoms with Crippen LogP contribution in [0.15, 0.2) is 48.6 Å². The van der Waals surface area contributed by atoms with Crippen LogP contribution in [0.25, 0.3) is 10.9 Å². The number of hydrogen-bond donors (Lipinski definition) is 2. The third kappa shape index (κ3) is 2.76. The summed E-state index contributed by atoms with van der Waals surface area (Å²) in [6, 6.07) is 10.8. The van der Waals surface area contributed by atoms with Crippen LogP contribution in [-0.4, -0.2) is 28.0 Å². The molecular formula is C16H14N2O3. The fourth-order valence-corrected chi connectivity index (χ4v) is 2.42. The van der Waals surface area contributed by atoms with Gasteiger partial charge in [-0.2, -0.15) is 0 Å². The summed E-state index contributed by atoms with van der Waals surface area (Å²) in [7, 11) is 0. The van der Waals surface area contributed by atoms with E-state index in [1.165, 1.54) is 0 Å². The maximum Gasteiger partial charge on any atom is 0.310 e.